The predicted octanol–water partition coefficient (Wildman–Crippen LogP) is 1.53. The van der Waals surface area contributed by atoms with Gasteiger partial charge in [0.1, 0.15) is 9.84 Å². The van der Waals surface area contributed by atoms with Gasteiger partial charge in [0.25, 0.3) is 0 Å². The Bertz CT molecular complexity index is 487. The first-order chi connectivity index (χ1) is 8.13. The summed E-state index contributed by atoms with van der Waals surface area (Å²) in [4.78, 5) is 0. The van der Waals surface area contributed by atoms with E-state index >= 15 is 0 Å². The molecule has 0 aliphatic rings. The molecule has 1 atom stereocenters. The number of hydrogen-bond donors (Lipinski definition) is 2. The van der Waals surface area contributed by atoms with Crippen molar-refractivity contribution < 1.29 is 8.42 Å². The van der Waals surface area contributed by atoms with Crippen LogP contribution in [0.1, 0.15) is 37.9 Å². The minimum Gasteiger partial charge on any atom is -0.271 e. The second-order valence-electron chi connectivity index (χ2n) is 5.68. The Morgan fingerprint density at radius 1 is 1.22 bits per heavy atom. The number of nitrogens with two attached hydrogens (primary N) is 1. The van der Waals surface area contributed by atoms with Crippen molar-refractivity contribution in [2.45, 2.75) is 32.2 Å². The molecule has 5 heteroatoms. The number of benzene rings is 1. The van der Waals surface area contributed by atoms with Crippen molar-refractivity contribution in [3.05, 3.63) is 35.4 Å². The van der Waals surface area contributed by atoms with Crippen LogP contribution in [0.25, 0.3) is 0 Å². The van der Waals surface area contributed by atoms with E-state index in [9.17, 15) is 8.42 Å². The molecule has 0 saturated carbocycles. The summed E-state index contributed by atoms with van der Waals surface area (Å²) in [6.07, 6.45) is 1.21. The van der Waals surface area contributed by atoms with Gasteiger partial charge in [-0.15, -0.1) is 0 Å². The van der Waals surface area contributed by atoms with E-state index in [2.05, 4.69) is 26.2 Å². The molecule has 0 saturated heterocycles. The van der Waals surface area contributed by atoms with E-state index < -0.39 is 9.84 Å². The van der Waals surface area contributed by atoms with Gasteiger partial charge in [-0.3, -0.25) is 11.3 Å². The molecule has 1 unspecified atom stereocenters. The second-order valence-corrected chi connectivity index (χ2v) is 7.87. The highest BCUT2D eigenvalue weighted by Crippen LogP contribution is 2.24. The van der Waals surface area contributed by atoms with E-state index in [1.54, 1.807) is 0 Å². The molecule has 0 radical (unpaired) electrons. The third-order valence-corrected chi connectivity index (χ3v) is 3.79. The molecule has 0 amide bonds. The maximum Gasteiger partial charge on any atom is 0.149 e. The smallest absolute Gasteiger partial charge is 0.149 e. The van der Waals surface area contributed by atoms with Crippen molar-refractivity contribution in [3.8, 4) is 0 Å². The normalized spacial score (nSPS) is 14.5. The van der Waals surface area contributed by atoms with Gasteiger partial charge in [0.05, 0.1) is 11.8 Å². The fraction of sp³-hybridized carbons (Fsp3) is 0.538. The fourth-order valence-corrected chi connectivity index (χ4v) is 2.65. The molecule has 0 bridgehead atoms. The zero-order valence-corrected chi connectivity index (χ0v) is 12.2. The van der Waals surface area contributed by atoms with Gasteiger partial charge in [-0.25, -0.2) is 8.42 Å². The van der Waals surface area contributed by atoms with Gasteiger partial charge < -0.3 is 0 Å². The Labute approximate surface area is 109 Å². The van der Waals surface area contributed by atoms with E-state index in [-0.39, 0.29) is 17.2 Å². The quantitative estimate of drug-likeness (QED) is 0.643. The molecule has 0 aliphatic carbocycles. The van der Waals surface area contributed by atoms with Crippen LogP contribution in [0.4, 0.5) is 0 Å². The molecule has 0 aromatic heterocycles. The minimum absolute atomic E-state index is 0.00162. The summed E-state index contributed by atoms with van der Waals surface area (Å²) in [5.41, 5.74) is 4.73. The van der Waals surface area contributed by atoms with Crippen molar-refractivity contribution in [1.29, 1.82) is 0 Å². The highest BCUT2D eigenvalue weighted by atomic mass is 32.2. The SMILES string of the molecule is CC(C)(C)c1ccc(C(CS(C)(=O)=O)NN)cc1. The maximum absolute atomic E-state index is 11.3. The van der Waals surface area contributed by atoms with E-state index in [0.717, 1.165) is 5.56 Å². The molecule has 0 aliphatic heterocycles. The molecule has 1 rings (SSSR count). The number of hydrazine groups is 1. The Morgan fingerprint density at radius 2 is 1.72 bits per heavy atom. The molecule has 0 spiro atoms. The molecule has 3 N–H and O–H groups in total. The number of rotatable bonds is 4. The van der Waals surface area contributed by atoms with Crippen molar-refractivity contribution in [2.24, 2.45) is 5.84 Å². The van der Waals surface area contributed by atoms with E-state index in [4.69, 9.17) is 5.84 Å². The van der Waals surface area contributed by atoms with Crippen LogP contribution in [0.3, 0.4) is 0 Å². The van der Waals surface area contributed by atoms with Crippen LogP contribution >= 0.6 is 0 Å². The highest BCUT2D eigenvalue weighted by molar-refractivity contribution is 7.90. The second kappa shape index (κ2) is 5.38. The zero-order valence-electron chi connectivity index (χ0n) is 11.4. The average molecular weight is 270 g/mol. The van der Waals surface area contributed by atoms with E-state index in [1.165, 1.54) is 11.8 Å². The Balaban J connectivity index is 2.96. The third-order valence-electron chi connectivity index (χ3n) is 2.85. The first kappa shape index (κ1) is 15.1. The van der Waals surface area contributed by atoms with Crippen LogP contribution < -0.4 is 11.3 Å². The van der Waals surface area contributed by atoms with Crippen molar-refractivity contribution in [1.82, 2.24) is 5.43 Å². The van der Waals surface area contributed by atoms with Crippen LogP contribution in [-0.4, -0.2) is 20.4 Å². The van der Waals surface area contributed by atoms with Crippen molar-refractivity contribution in [2.75, 3.05) is 12.0 Å². The molecule has 1 aromatic carbocycles. The van der Waals surface area contributed by atoms with Crippen LogP contribution in [0.5, 0.6) is 0 Å². The molecule has 18 heavy (non-hydrogen) atoms. The Kier molecular flexibility index (Phi) is 4.53. The minimum atomic E-state index is -3.06. The molecular formula is C13H22N2O2S. The van der Waals surface area contributed by atoms with Crippen LogP contribution in [0, 0.1) is 0 Å². The highest BCUT2D eigenvalue weighted by Gasteiger charge is 2.18. The largest absolute Gasteiger partial charge is 0.271 e. The van der Waals surface area contributed by atoms with Crippen LogP contribution in [-0.2, 0) is 15.3 Å². The summed E-state index contributed by atoms with van der Waals surface area (Å²) < 4.78 is 22.6. The standard InChI is InChI=1S/C13H22N2O2S/c1-13(2,3)11-7-5-10(6-8-11)12(15-14)9-18(4,16)17/h5-8,12,15H,9,14H2,1-4H3. The molecule has 102 valence electrons. The molecule has 0 heterocycles. The summed E-state index contributed by atoms with van der Waals surface area (Å²) in [7, 11) is -3.06. The average Bonchev–Trinajstić information content (AvgIpc) is 2.24. The lowest BCUT2D eigenvalue weighted by Crippen LogP contribution is -2.33. The molecule has 1 aromatic rings. The van der Waals surface area contributed by atoms with E-state index in [1.807, 2.05) is 24.3 Å². The van der Waals surface area contributed by atoms with Crippen molar-refractivity contribution >= 4 is 9.84 Å². The summed E-state index contributed by atoms with van der Waals surface area (Å²) in [5.74, 6) is 5.42. The number of nitrogens with one attached hydrogen (secondary N) is 1. The number of hydrogen-bond acceptors (Lipinski definition) is 4. The van der Waals surface area contributed by atoms with Crippen molar-refractivity contribution in [3.63, 3.8) is 0 Å². The lowest BCUT2D eigenvalue weighted by Gasteiger charge is -2.21. The van der Waals surface area contributed by atoms with Crippen LogP contribution in [0.15, 0.2) is 24.3 Å². The lowest BCUT2D eigenvalue weighted by molar-refractivity contribution is 0.562. The molecule has 4 nitrogen and oxygen atoms in total. The lowest BCUT2D eigenvalue weighted by atomic mass is 9.86. The Hall–Kier alpha value is -0.910. The summed E-state index contributed by atoms with van der Waals surface area (Å²) in [6.45, 7) is 6.41. The third kappa shape index (κ3) is 4.40. The monoisotopic (exact) mass is 270 g/mol. The first-order valence-electron chi connectivity index (χ1n) is 5.88. The fourth-order valence-electron chi connectivity index (χ4n) is 1.76. The Morgan fingerprint density at radius 3 is 2.06 bits per heavy atom. The van der Waals surface area contributed by atoms with Gasteiger partial charge in [-0.2, -0.15) is 0 Å². The summed E-state index contributed by atoms with van der Waals surface area (Å²) in [5, 5.41) is 0. The summed E-state index contributed by atoms with van der Waals surface area (Å²) in [6, 6.07) is 7.52. The maximum atomic E-state index is 11.3. The predicted molar refractivity (Wildman–Crippen MR) is 74.9 cm³/mol. The molecule has 0 fully saturated rings. The van der Waals surface area contributed by atoms with Gasteiger partial charge in [0.2, 0.25) is 0 Å². The van der Waals surface area contributed by atoms with E-state index in [0.29, 0.717) is 0 Å². The van der Waals surface area contributed by atoms with Gasteiger partial charge in [-0.05, 0) is 16.5 Å². The topological polar surface area (TPSA) is 72.2 Å². The van der Waals surface area contributed by atoms with Crippen LogP contribution in [0.2, 0.25) is 0 Å². The van der Waals surface area contributed by atoms with Gasteiger partial charge >= 0.3 is 0 Å². The van der Waals surface area contributed by atoms with Gasteiger partial charge in [0, 0.05) is 6.26 Å². The van der Waals surface area contributed by atoms with Gasteiger partial charge in [0.15, 0.2) is 0 Å². The zero-order chi connectivity index (χ0) is 14.0. The molecular weight excluding hydrogens is 248 g/mol. The number of sulfone groups is 1. The summed E-state index contributed by atoms with van der Waals surface area (Å²) >= 11 is 0. The van der Waals surface area contributed by atoms with Gasteiger partial charge in [-0.1, -0.05) is 45.0 Å². The first-order valence-corrected chi connectivity index (χ1v) is 7.94.